The van der Waals surface area contributed by atoms with Gasteiger partial charge >= 0.3 is 0 Å². The van der Waals surface area contributed by atoms with Gasteiger partial charge in [-0.3, -0.25) is 4.79 Å². The fourth-order valence-corrected chi connectivity index (χ4v) is 3.81. The van der Waals surface area contributed by atoms with Crippen LogP contribution >= 0.6 is 0 Å². The van der Waals surface area contributed by atoms with Gasteiger partial charge in [0.25, 0.3) is 0 Å². The molecule has 3 aromatic carbocycles. The third kappa shape index (κ3) is 8.26. The van der Waals surface area contributed by atoms with Crippen molar-refractivity contribution in [2.75, 3.05) is 0 Å². The highest BCUT2D eigenvalue weighted by Gasteiger charge is 2.05. The van der Waals surface area contributed by atoms with Gasteiger partial charge in [-0.1, -0.05) is 43.2 Å². The number of hydrogen-bond donors (Lipinski definition) is 3. The molecule has 0 saturated heterocycles. The number of hydrogen-bond acceptors (Lipinski definition) is 4. The van der Waals surface area contributed by atoms with E-state index in [2.05, 4.69) is 19.1 Å². The highest BCUT2D eigenvalue weighted by Crippen LogP contribution is 2.24. The zero-order valence-electron chi connectivity index (χ0n) is 22.1. The van der Waals surface area contributed by atoms with Gasteiger partial charge in [0, 0.05) is 5.56 Å². The topological polar surface area (TPSA) is 77.8 Å². The number of carbonyl (C=O) groups is 1. The van der Waals surface area contributed by atoms with Crippen LogP contribution in [0.25, 0.3) is 0 Å². The molecule has 184 valence electrons. The Morgan fingerprint density at radius 2 is 0.941 bits per heavy atom. The summed E-state index contributed by atoms with van der Waals surface area (Å²) in [5.74, 6) is 1.17. The molecule has 0 aliphatic heterocycles. The molecule has 4 nitrogen and oxygen atoms in total. The number of phenols is 3. The van der Waals surface area contributed by atoms with E-state index < -0.39 is 0 Å². The number of aromatic hydroxyl groups is 3. The summed E-state index contributed by atoms with van der Waals surface area (Å²) in [5.41, 5.74) is 8.56. The van der Waals surface area contributed by atoms with Crippen molar-refractivity contribution in [3.8, 4) is 17.2 Å². The molecule has 0 aliphatic rings. The molecule has 0 bridgehead atoms. The van der Waals surface area contributed by atoms with Crippen molar-refractivity contribution < 1.29 is 20.1 Å². The zero-order valence-corrected chi connectivity index (χ0v) is 22.1. The zero-order chi connectivity index (χ0) is 26.2. The van der Waals surface area contributed by atoms with Crippen LogP contribution in [0.4, 0.5) is 0 Å². The third-order valence-corrected chi connectivity index (χ3v) is 5.62. The monoisotopic (exact) mass is 464 g/mol. The third-order valence-electron chi connectivity index (χ3n) is 5.62. The lowest BCUT2D eigenvalue weighted by atomic mass is 10.0. The van der Waals surface area contributed by atoms with Crippen LogP contribution in [0.15, 0.2) is 36.4 Å². The van der Waals surface area contributed by atoms with Gasteiger partial charge in [-0.2, -0.15) is 0 Å². The van der Waals surface area contributed by atoms with Crippen LogP contribution in [0.3, 0.4) is 0 Å². The van der Waals surface area contributed by atoms with E-state index in [1.54, 1.807) is 26.0 Å². The van der Waals surface area contributed by atoms with Gasteiger partial charge in [0.1, 0.15) is 17.2 Å². The summed E-state index contributed by atoms with van der Waals surface area (Å²) in [6, 6.07) is 11.5. The molecule has 0 saturated carbocycles. The van der Waals surface area contributed by atoms with Gasteiger partial charge in [0.05, 0.1) is 0 Å². The van der Waals surface area contributed by atoms with Crippen LogP contribution in [-0.2, 0) is 6.42 Å². The Kier molecular flexibility index (Phi) is 10.9. The van der Waals surface area contributed by atoms with Crippen LogP contribution in [0.2, 0.25) is 0 Å². The van der Waals surface area contributed by atoms with E-state index in [-0.39, 0.29) is 11.5 Å². The summed E-state index contributed by atoms with van der Waals surface area (Å²) < 4.78 is 0. The second-order valence-electron chi connectivity index (χ2n) is 9.09. The van der Waals surface area contributed by atoms with Crippen LogP contribution in [0.5, 0.6) is 17.2 Å². The van der Waals surface area contributed by atoms with Crippen molar-refractivity contribution in [1.29, 1.82) is 0 Å². The minimum absolute atomic E-state index is 0.0289. The Bertz CT molecular complexity index is 1070. The number of phenolic OH excluding ortho intramolecular Hbond substituents is 3. The molecule has 0 fully saturated rings. The Morgan fingerprint density at radius 3 is 1.26 bits per heavy atom. The first-order valence-corrected chi connectivity index (χ1v) is 11.6. The van der Waals surface area contributed by atoms with Crippen molar-refractivity contribution in [1.82, 2.24) is 0 Å². The fourth-order valence-electron chi connectivity index (χ4n) is 3.81. The van der Waals surface area contributed by atoms with Crippen LogP contribution in [0, 0.1) is 48.5 Å². The van der Waals surface area contributed by atoms with Crippen molar-refractivity contribution in [3.63, 3.8) is 0 Å². The molecular formula is C30H40O4. The number of benzene rings is 3. The number of rotatable bonds is 3. The van der Waals surface area contributed by atoms with E-state index in [4.69, 9.17) is 0 Å². The van der Waals surface area contributed by atoms with Gasteiger partial charge in [-0.05, 0) is 113 Å². The summed E-state index contributed by atoms with van der Waals surface area (Å²) in [5, 5.41) is 28.2. The number of ketones is 1. The van der Waals surface area contributed by atoms with E-state index in [0.717, 1.165) is 46.2 Å². The molecule has 0 spiro atoms. The number of Topliss-reactive ketones (excluding diaryl/α,β-unsaturated/α-hetero) is 1. The lowest BCUT2D eigenvalue weighted by molar-refractivity contribution is 0.101. The summed E-state index contributed by atoms with van der Waals surface area (Å²) in [6.07, 6.45) is 2.26. The maximum absolute atomic E-state index is 11.0. The number of aryl methyl sites for hydroxylation is 8. The predicted molar refractivity (Wildman–Crippen MR) is 141 cm³/mol. The summed E-state index contributed by atoms with van der Waals surface area (Å²) in [6.45, 7) is 17.0. The molecule has 3 rings (SSSR count). The first-order chi connectivity index (χ1) is 15.8. The largest absolute Gasteiger partial charge is 0.507 e. The summed E-state index contributed by atoms with van der Waals surface area (Å²) >= 11 is 0. The highest BCUT2D eigenvalue weighted by molar-refractivity contribution is 5.94. The van der Waals surface area contributed by atoms with E-state index in [0.29, 0.717) is 17.1 Å². The standard InChI is InChI=1S/C11H16O.C10H12O2.C9H12O/c1-4-5-10-6-8(2)11(12)9(3)7-10;1-6-4-9(8(3)11)5-7(2)10(6)12;1-6-4-7(2)9(10)8(3)5-6/h6-7,12H,4-5H2,1-3H3;4-5,12H,1-3H3;4-5,10H,1-3H3. The summed E-state index contributed by atoms with van der Waals surface area (Å²) in [7, 11) is 0. The molecule has 34 heavy (non-hydrogen) atoms. The smallest absolute Gasteiger partial charge is 0.159 e. The van der Waals surface area contributed by atoms with Crippen molar-refractivity contribution in [3.05, 3.63) is 86.5 Å². The minimum Gasteiger partial charge on any atom is -0.507 e. The van der Waals surface area contributed by atoms with E-state index >= 15 is 0 Å². The molecule has 0 unspecified atom stereocenters. The van der Waals surface area contributed by atoms with E-state index in [9.17, 15) is 20.1 Å². The molecule has 0 amide bonds. The second-order valence-corrected chi connectivity index (χ2v) is 9.09. The lowest BCUT2D eigenvalue weighted by Crippen LogP contribution is -1.94. The van der Waals surface area contributed by atoms with Gasteiger partial charge in [-0.15, -0.1) is 0 Å². The Hall–Kier alpha value is -3.27. The van der Waals surface area contributed by atoms with Gasteiger partial charge in [-0.25, -0.2) is 0 Å². The molecule has 0 atom stereocenters. The average molecular weight is 465 g/mol. The van der Waals surface area contributed by atoms with Crippen molar-refractivity contribution in [2.45, 2.75) is 75.2 Å². The molecular weight excluding hydrogens is 424 g/mol. The first-order valence-electron chi connectivity index (χ1n) is 11.6. The normalized spacial score (nSPS) is 10.0. The molecule has 4 heteroatoms. The van der Waals surface area contributed by atoms with Crippen LogP contribution in [-0.4, -0.2) is 21.1 Å². The minimum atomic E-state index is 0.0289. The Balaban J connectivity index is 0.000000256. The molecule has 3 aromatic rings. The molecule has 0 aromatic heterocycles. The van der Waals surface area contributed by atoms with Crippen LogP contribution in [0.1, 0.15) is 75.1 Å². The van der Waals surface area contributed by atoms with Crippen LogP contribution < -0.4 is 0 Å². The fraction of sp³-hybridized carbons (Fsp3) is 0.367. The first kappa shape index (κ1) is 28.8. The Labute approximate surface area is 204 Å². The highest BCUT2D eigenvalue weighted by atomic mass is 16.3. The van der Waals surface area contributed by atoms with Gasteiger partial charge in [0.15, 0.2) is 5.78 Å². The predicted octanol–water partition coefficient (Wildman–Crippen LogP) is 7.49. The van der Waals surface area contributed by atoms with E-state index in [1.807, 2.05) is 46.8 Å². The van der Waals surface area contributed by atoms with Crippen molar-refractivity contribution in [2.24, 2.45) is 0 Å². The van der Waals surface area contributed by atoms with Crippen molar-refractivity contribution >= 4 is 5.78 Å². The van der Waals surface area contributed by atoms with E-state index in [1.165, 1.54) is 18.1 Å². The summed E-state index contributed by atoms with van der Waals surface area (Å²) in [4.78, 5) is 11.0. The average Bonchev–Trinajstić information content (AvgIpc) is 2.74. The Morgan fingerprint density at radius 1 is 0.618 bits per heavy atom. The molecule has 0 radical (unpaired) electrons. The number of carbonyl (C=O) groups excluding carboxylic acids is 1. The molecule has 0 heterocycles. The SMILES string of the molecule is CC(=O)c1cc(C)c(O)c(C)c1.CCCc1cc(C)c(O)c(C)c1.Cc1cc(C)c(O)c(C)c1. The van der Waals surface area contributed by atoms with Gasteiger partial charge in [0.2, 0.25) is 0 Å². The molecule has 3 N–H and O–H groups in total. The van der Waals surface area contributed by atoms with Gasteiger partial charge < -0.3 is 15.3 Å². The lowest BCUT2D eigenvalue weighted by Gasteiger charge is -2.06. The maximum atomic E-state index is 11.0. The quantitative estimate of drug-likeness (QED) is 0.351. The maximum Gasteiger partial charge on any atom is 0.159 e. The molecule has 0 aliphatic carbocycles. The second kappa shape index (κ2) is 12.8.